The van der Waals surface area contributed by atoms with Crippen LogP contribution in [0.4, 0.5) is 0 Å². The van der Waals surface area contributed by atoms with Gasteiger partial charge in [0.2, 0.25) is 0 Å². The Morgan fingerprint density at radius 2 is 1.57 bits per heavy atom. The van der Waals surface area contributed by atoms with E-state index in [9.17, 15) is 0 Å². The second kappa shape index (κ2) is 3.71. The summed E-state index contributed by atoms with van der Waals surface area (Å²) in [6, 6.07) is 17.6. The monoisotopic (exact) mass is 304 g/mol. The van der Waals surface area contributed by atoms with Gasteiger partial charge in [-0.05, 0) is 54.9 Å². The van der Waals surface area contributed by atoms with E-state index in [1.807, 2.05) is 0 Å². The minimum Gasteiger partial charge on any atom is -0.359 e. The quantitative estimate of drug-likeness (QED) is 0.761. The minimum absolute atomic E-state index is 0.148. The molecule has 4 heterocycles. The summed E-state index contributed by atoms with van der Waals surface area (Å²) in [5.74, 6) is 0. The lowest BCUT2D eigenvalue weighted by Crippen LogP contribution is -2.46. The van der Waals surface area contributed by atoms with Crippen LogP contribution in [0.25, 0.3) is 0 Å². The summed E-state index contributed by atoms with van der Waals surface area (Å²) in [5, 5.41) is 0. The molecule has 4 aliphatic rings. The number of hydrogen-bond donors (Lipinski definition) is 0. The van der Waals surface area contributed by atoms with Crippen LogP contribution in [0.3, 0.4) is 0 Å². The van der Waals surface area contributed by atoms with Crippen molar-refractivity contribution in [1.82, 2.24) is 0 Å². The van der Waals surface area contributed by atoms with Gasteiger partial charge in [0.05, 0.1) is 11.7 Å². The lowest BCUT2D eigenvalue weighted by atomic mass is 9.65. The maximum Gasteiger partial charge on any atom is 0.128 e. The van der Waals surface area contributed by atoms with Crippen molar-refractivity contribution in [3.8, 4) is 0 Å². The van der Waals surface area contributed by atoms with Gasteiger partial charge in [0.25, 0.3) is 0 Å². The van der Waals surface area contributed by atoms with E-state index in [1.54, 1.807) is 0 Å². The van der Waals surface area contributed by atoms with Crippen molar-refractivity contribution >= 4 is 0 Å². The molecule has 0 N–H and O–H groups in total. The highest BCUT2D eigenvalue weighted by molar-refractivity contribution is 5.52. The van der Waals surface area contributed by atoms with Crippen LogP contribution in [-0.2, 0) is 26.3 Å². The highest BCUT2D eigenvalue weighted by Gasteiger charge is 2.71. The molecule has 2 aromatic carbocycles. The molecule has 116 valence electrons. The van der Waals surface area contributed by atoms with Crippen molar-refractivity contribution in [1.29, 1.82) is 0 Å². The van der Waals surface area contributed by atoms with Gasteiger partial charge >= 0.3 is 0 Å². The highest BCUT2D eigenvalue weighted by Crippen LogP contribution is 2.71. The molecule has 2 nitrogen and oxygen atoms in total. The third-order valence-corrected chi connectivity index (χ3v) is 6.78. The molecule has 0 spiro atoms. The first-order chi connectivity index (χ1) is 11.2. The average Bonchev–Trinajstić information content (AvgIpc) is 3.31. The molecule has 2 aromatic rings. The fourth-order valence-corrected chi connectivity index (χ4v) is 5.85. The third kappa shape index (κ3) is 1.21. The summed E-state index contributed by atoms with van der Waals surface area (Å²) < 4.78 is 13.6. The van der Waals surface area contributed by atoms with E-state index in [1.165, 1.54) is 22.3 Å². The molecule has 23 heavy (non-hydrogen) atoms. The Morgan fingerprint density at radius 1 is 0.826 bits per heavy atom. The van der Waals surface area contributed by atoms with Crippen molar-refractivity contribution in [3.63, 3.8) is 0 Å². The molecule has 0 saturated carbocycles. The van der Waals surface area contributed by atoms with E-state index >= 15 is 0 Å². The Labute approximate surface area is 136 Å². The summed E-state index contributed by atoms with van der Waals surface area (Å²) in [5.41, 5.74) is 4.75. The molecule has 2 fully saturated rings. The summed E-state index contributed by atoms with van der Waals surface area (Å²) >= 11 is 0. The Hall–Kier alpha value is -1.64. The molecular formula is C21H20O2. The SMILES string of the molecule is C[C@]12CC[C@]([C@]34CC[C@H](O3)c3ccccc34)(O1)c1ccccc12. The second-order valence-electron chi connectivity index (χ2n) is 7.76. The predicted molar refractivity (Wildman–Crippen MR) is 87.0 cm³/mol. The van der Waals surface area contributed by atoms with Gasteiger partial charge in [0.15, 0.2) is 0 Å². The number of fused-ring (bicyclic) bond motifs is 11. The van der Waals surface area contributed by atoms with Crippen LogP contribution < -0.4 is 0 Å². The van der Waals surface area contributed by atoms with E-state index in [-0.39, 0.29) is 22.9 Å². The van der Waals surface area contributed by atoms with Crippen LogP contribution in [0.5, 0.6) is 0 Å². The largest absolute Gasteiger partial charge is 0.359 e. The Balaban J connectivity index is 1.66. The van der Waals surface area contributed by atoms with Gasteiger partial charge in [-0.2, -0.15) is 0 Å². The molecule has 4 aliphatic heterocycles. The summed E-state index contributed by atoms with van der Waals surface area (Å²) in [6.45, 7) is 2.25. The average molecular weight is 304 g/mol. The zero-order chi connectivity index (χ0) is 15.3. The second-order valence-corrected chi connectivity index (χ2v) is 7.76. The number of hydrogen-bond acceptors (Lipinski definition) is 2. The molecule has 6 rings (SSSR count). The van der Waals surface area contributed by atoms with Gasteiger partial charge in [-0.1, -0.05) is 48.5 Å². The molecule has 0 unspecified atom stereocenters. The van der Waals surface area contributed by atoms with Crippen LogP contribution in [-0.4, -0.2) is 0 Å². The molecule has 0 radical (unpaired) electrons. The molecule has 4 atom stereocenters. The lowest BCUT2D eigenvalue weighted by molar-refractivity contribution is -0.206. The molecule has 0 amide bonds. The normalized spacial score (nSPS) is 42.0. The molecule has 4 bridgehead atoms. The van der Waals surface area contributed by atoms with E-state index in [2.05, 4.69) is 55.5 Å². The fraction of sp³-hybridized carbons (Fsp3) is 0.429. The van der Waals surface area contributed by atoms with Crippen molar-refractivity contribution in [2.75, 3.05) is 0 Å². The number of ether oxygens (including phenoxy) is 2. The topological polar surface area (TPSA) is 18.5 Å². The Bertz CT molecular complexity index is 843. The molecule has 2 saturated heterocycles. The van der Waals surface area contributed by atoms with Crippen LogP contribution in [0, 0.1) is 0 Å². The van der Waals surface area contributed by atoms with Crippen LogP contribution in [0.1, 0.15) is 61.0 Å². The van der Waals surface area contributed by atoms with Crippen LogP contribution >= 0.6 is 0 Å². The van der Waals surface area contributed by atoms with Gasteiger partial charge in [0.1, 0.15) is 11.2 Å². The molecule has 0 aliphatic carbocycles. The summed E-state index contributed by atoms with van der Waals surface area (Å²) in [7, 11) is 0. The first kappa shape index (κ1) is 12.7. The number of benzene rings is 2. The van der Waals surface area contributed by atoms with Crippen molar-refractivity contribution in [2.45, 2.75) is 55.5 Å². The summed E-state index contributed by atoms with van der Waals surface area (Å²) in [4.78, 5) is 0. The van der Waals surface area contributed by atoms with Crippen molar-refractivity contribution in [3.05, 3.63) is 70.8 Å². The van der Waals surface area contributed by atoms with Crippen LogP contribution in [0.2, 0.25) is 0 Å². The Morgan fingerprint density at radius 3 is 2.43 bits per heavy atom. The van der Waals surface area contributed by atoms with Crippen molar-refractivity contribution in [2.24, 2.45) is 0 Å². The maximum absolute atomic E-state index is 6.85. The lowest BCUT2D eigenvalue weighted by Gasteiger charge is -2.43. The molecular weight excluding hydrogens is 284 g/mol. The molecule has 0 aromatic heterocycles. The van der Waals surface area contributed by atoms with E-state index in [4.69, 9.17) is 9.47 Å². The zero-order valence-corrected chi connectivity index (χ0v) is 13.3. The number of rotatable bonds is 1. The Kier molecular flexibility index (Phi) is 2.05. The minimum atomic E-state index is -0.306. The van der Waals surface area contributed by atoms with Gasteiger partial charge in [-0.25, -0.2) is 0 Å². The zero-order valence-electron chi connectivity index (χ0n) is 13.3. The standard InChI is InChI=1S/C21H20O2/c1-19-12-13-21(23-19,17-9-5-4-8-16(17)19)20-11-10-18(22-20)14-6-2-3-7-15(14)20/h2-9,18H,10-13H2,1H3/t18-,19+,20+,21-/m0/s1. The smallest absolute Gasteiger partial charge is 0.128 e. The predicted octanol–water partition coefficient (Wildman–Crippen LogP) is 4.68. The van der Waals surface area contributed by atoms with Gasteiger partial charge in [0, 0.05) is 0 Å². The fourth-order valence-electron chi connectivity index (χ4n) is 5.85. The summed E-state index contributed by atoms with van der Waals surface area (Å²) in [6.07, 6.45) is 4.58. The van der Waals surface area contributed by atoms with Gasteiger partial charge < -0.3 is 9.47 Å². The third-order valence-electron chi connectivity index (χ3n) is 6.78. The van der Waals surface area contributed by atoms with E-state index in [0.717, 1.165) is 25.7 Å². The maximum atomic E-state index is 6.85. The van der Waals surface area contributed by atoms with Gasteiger partial charge in [-0.3, -0.25) is 0 Å². The van der Waals surface area contributed by atoms with E-state index < -0.39 is 0 Å². The highest BCUT2D eigenvalue weighted by atomic mass is 16.6. The van der Waals surface area contributed by atoms with Crippen molar-refractivity contribution < 1.29 is 9.47 Å². The van der Waals surface area contributed by atoms with Gasteiger partial charge in [-0.15, -0.1) is 0 Å². The first-order valence-electron chi connectivity index (χ1n) is 8.76. The first-order valence-corrected chi connectivity index (χ1v) is 8.76. The van der Waals surface area contributed by atoms with E-state index in [0.29, 0.717) is 0 Å². The van der Waals surface area contributed by atoms with Crippen LogP contribution in [0.15, 0.2) is 48.5 Å². The molecule has 2 heteroatoms.